The molecule has 0 saturated carbocycles. The summed E-state index contributed by atoms with van der Waals surface area (Å²) in [5.41, 5.74) is 4.09. The Morgan fingerprint density at radius 2 is 1.72 bits per heavy atom. The van der Waals surface area contributed by atoms with Crippen LogP contribution in [0.5, 0.6) is 0 Å². The number of rotatable bonds is 5. The van der Waals surface area contributed by atoms with Gasteiger partial charge in [-0.1, -0.05) is 37.5 Å². The smallest absolute Gasteiger partial charge is 0.223 e. The van der Waals surface area contributed by atoms with Gasteiger partial charge in [-0.25, -0.2) is 0 Å². The number of carbonyl (C=O) groups excluding carboxylic acids is 1. The Labute approximate surface area is 152 Å². The Balaban J connectivity index is 1.47. The highest BCUT2D eigenvalue weighted by Gasteiger charge is 2.17. The molecule has 2 heterocycles. The first-order chi connectivity index (χ1) is 12.1. The predicted molar refractivity (Wildman–Crippen MR) is 102 cm³/mol. The summed E-state index contributed by atoms with van der Waals surface area (Å²) in [7, 11) is 4.09. The molecule has 138 valence electrons. The van der Waals surface area contributed by atoms with Crippen molar-refractivity contribution in [2.45, 2.75) is 58.2 Å². The van der Waals surface area contributed by atoms with Gasteiger partial charge in [0, 0.05) is 39.6 Å². The second-order valence-corrected chi connectivity index (χ2v) is 7.88. The third-order valence-electron chi connectivity index (χ3n) is 5.59. The van der Waals surface area contributed by atoms with E-state index in [1.54, 1.807) is 0 Å². The highest BCUT2D eigenvalue weighted by Crippen LogP contribution is 2.23. The van der Waals surface area contributed by atoms with E-state index in [1.807, 2.05) is 11.9 Å². The van der Waals surface area contributed by atoms with Crippen LogP contribution in [0.15, 0.2) is 18.2 Å². The fourth-order valence-electron chi connectivity index (χ4n) is 4.06. The molecule has 0 aliphatic carbocycles. The number of amides is 1. The molecule has 2 aliphatic heterocycles. The maximum Gasteiger partial charge on any atom is 0.223 e. The molecule has 1 aromatic carbocycles. The van der Waals surface area contributed by atoms with E-state index < -0.39 is 0 Å². The third-order valence-corrected chi connectivity index (χ3v) is 5.59. The molecule has 4 nitrogen and oxygen atoms in total. The lowest BCUT2D eigenvalue weighted by molar-refractivity contribution is -0.130. The Kier molecular flexibility index (Phi) is 6.49. The molecule has 3 rings (SSSR count). The molecule has 1 fully saturated rings. The van der Waals surface area contributed by atoms with Crippen LogP contribution in [0.3, 0.4) is 0 Å². The lowest BCUT2D eigenvalue weighted by Crippen LogP contribution is -2.33. The van der Waals surface area contributed by atoms with Crippen LogP contribution in [-0.2, 0) is 24.4 Å². The first-order valence-corrected chi connectivity index (χ1v) is 9.87. The zero-order valence-corrected chi connectivity index (χ0v) is 16.0. The topological polar surface area (TPSA) is 26.8 Å². The van der Waals surface area contributed by atoms with Gasteiger partial charge in [0.05, 0.1) is 0 Å². The molecule has 0 radical (unpaired) electrons. The van der Waals surface area contributed by atoms with E-state index in [0.717, 1.165) is 39.3 Å². The molecule has 0 spiro atoms. The lowest BCUT2D eigenvalue weighted by Gasteiger charge is -2.25. The van der Waals surface area contributed by atoms with Crippen molar-refractivity contribution >= 4 is 5.91 Å². The maximum atomic E-state index is 12.5. The van der Waals surface area contributed by atoms with Crippen LogP contribution in [0.25, 0.3) is 0 Å². The zero-order chi connectivity index (χ0) is 17.6. The summed E-state index contributed by atoms with van der Waals surface area (Å²) in [6, 6.07) is 6.69. The Bertz CT molecular complexity index is 579. The van der Waals surface area contributed by atoms with Crippen LogP contribution in [0.2, 0.25) is 0 Å². The number of hydrogen-bond acceptors (Lipinski definition) is 3. The summed E-state index contributed by atoms with van der Waals surface area (Å²) >= 11 is 0. The Hall–Kier alpha value is -1.39. The first kappa shape index (κ1) is 18.4. The normalized spacial score (nSPS) is 19.3. The third kappa shape index (κ3) is 5.29. The fraction of sp³-hybridized carbons (Fsp3) is 0.667. The predicted octanol–water partition coefficient (Wildman–Crippen LogP) is 3.25. The van der Waals surface area contributed by atoms with E-state index in [-0.39, 0.29) is 5.91 Å². The molecular weight excluding hydrogens is 310 g/mol. The van der Waals surface area contributed by atoms with Gasteiger partial charge in [-0.05, 0) is 49.7 Å². The summed E-state index contributed by atoms with van der Waals surface area (Å²) in [6.07, 6.45) is 7.28. The van der Waals surface area contributed by atoms with Gasteiger partial charge in [-0.15, -0.1) is 0 Å². The van der Waals surface area contributed by atoms with E-state index in [0.29, 0.717) is 6.42 Å². The van der Waals surface area contributed by atoms with Gasteiger partial charge in [0.1, 0.15) is 0 Å². The Morgan fingerprint density at radius 1 is 1.04 bits per heavy atom. The van der Waals surface area contributed by atoms with Gasteiger partial charge in [-0.3, -0.25) is 9.69 Å². The maximum absolute atomic E-state index is 12.5. The summed E-state index contributed by atoms with van der Waals surface area (Å²) in [5.74, 6) is 0.264. The van der Waals surface area contributed by atoms with Crippen molar-refractivity contribution in [2.75, 3.05) is 33.7 Å². The molecule has 0 unspecified atom stereocenters. The van der Waals surface area contributed by atoms with Crippen molar-refractivity contribution in [1.82, 2.24) is 14.7 Å². The average molecular weight is 344 g/mol. The van der Waals surface area contributed by atoms with E-state index in [1.165, 1.54) is 48.8 Å². The van der Waals surface area contributed by atoms with Crippen molar-refractivity contribution < 1.29 is 4.79 Å². The molecule has 25 heavy (non-hydrogen) atoms. The quantitative estimate of drug-likeness (QED) is 0.821. The monoisotopic (exact) mass is 343 g/mol. The lowest BCUT2D eigenvalue weighted by atomic mass is 10.1. The van der Waals surface area contributed by atoms with Crippen LogP contribution < -0.4 is 0 Å². The van der Waals surface area contributed by atoms with Gasteiger partial charge in [0.25, 0.3) is 0 Å². The van der Waals surface area contributed by atoms with Gasteiger partial charge in [-0.2, -0.15) is 0 Å². The van der Waals surface area contributed by atoms with Crippen molar-refractivity contribution in [3.63, 3.8) is 0 Å². The molecule has 1 aromatic rings. The average Bonchev–Trinajstić information content (AvgIpc) is 2.92. The van der Waals surface area contributed by atoms with Crippen molar-refractivity contribution in [3.8, 4) is 0 Å². The number of hydrogen-bond donors (Lipinski definition) is 0. The van der Waals surface area contributed by atoms with Crippen LogP contribution in [0, 0.1) is 0 Å². The van der Waals surface area contributed by atoms with E-state index >= 15 is 0 Å². The first-order valence-electron chi connectivity index (χ1n) is 9.87. The van der Waals surface area contributed by atoms with Crippen LogP contribution in [0.4, 0.5) is 0 Å². The van der Waals surface area contributed by atoms with Crippen molar-refractivity contribution in [1.29, 1.82) is 0 Å². The molecule has 4 heteroatoms. The van der Waals surface area contributed by atoms with E-state index in [9.17, 15) is 4.79 Å². The Morgan fingerprint density at radius 3 is 2.48 bits per heavy atom. The zero-order valence-electron chi connectivity index (χ0n) is 16.0. The van der Waals surface area contributed by atoms with Gasteiger partial charge < -0.3 is 9.80 Å². The summed E-state index contributed by atoms with van der Waals surface area (Å²) in [4.78, 5) is 19.2. The fourth-order valence-corrected chi connectivity index (χ4v) is 4.06. The second-order valence-electron chi connectivity index (χ2n) is 7.88. The van der Waals surface area contributed by atoms with Crippen LogP contribution in [0.1, 0.15) is 55.2 Å². The van der Waals surface area contributed by atoms with Crippen molar-refractivity contribution in [2.24, 2.45) is 0 Å². The van der Waals surface area contributed by atoms with E-state index in [4.69, 9.17) is 0 Å². The summed E-state index contributed by atoms with van der Waals surface area (Å²) in [6.45, 7) is 6.02. The number of nitrogens with zero attached hydrogens (tertiary/aromatic N) is 3. The number of carbonyl (C=O) groups is 1. The molecule has 0 aromatic heterocycles. The molecule has 2 aliphatic rings. The minimum absolute atomic E-state index is 0.264. The molecule has 0 bridgehead atoms. The van der Waals surface area contributed by atoms with Crippen LogP contribution >= 0.6 is 0 Å². The molecular formula is C21H33N3O. The van der Waals surface area contributed by atoms with E-state index in [2.05, 4.69) is 35.0 Å². The minimum atomic E-state index is 0.264. The second kappa shape index (κ2) is 8.81. The molecule has 0 atom stereocenters. The number of benzene rings is 1. The minimum Gasteiger partial charge on any atom is -0.341 e. The SMILES string of the molecule is CN1Cc2ccc(CN(C)C(=O)CCN3CCCCCCC3)cc2C1. The summed E-state index contributed by atoms with van der Waals surface area (Å²) in [5, 5.41) is 0. The molecule has 0 N–H and O–H groups in total. The highest BCUT2D eigenvalue weighted by molar-refractivity contribution is 5.76. The van der Waals surface area contributed by atoms with Crippen molar-refractivity contribution in [3.05, 3.63) is 34.9 Å². The number of fused-ring (bicyclic) bond motifs is 1. The van der Waals surface area contributed by atoms with Gasteiger partial charge in [0.2, 0.25) is 5.91 Å². The standard InChI is InChI=1S/C21H33N3O/c1-22-16-19-9-8-18(14-20(19)17-22)15-23(2)21(25)10-13-24-11-6-4-3-5-7-12-24/h8-9,14H,3-7,10-13,15-17H2,1-2H3. The van der Waals surface area contributed by atoms with Crippen LogP contribution in [-0.4, -0.2) is 54.3 Å². The van der Waals surface area contributed by atoms with Gasteiger partial charge in [0.15, 0.2) is 0 Å². The highest BCUT2D eigenvalue weighted by atomic mass is 16.2. The molecule has 1 saturated heterocycles. The largest absolute Gasteiger partial charge is 0.341 e. The molecule has 1 amide bonds. The van der Waals surface area contributed by atoms with Gasteiger partial charge >= 0.3 is 0 Å². The number of likely N-dealkylation sites (tertiary alicyclic amines) is 1. The summed E-state index contributed by atoms with van der Waals surface area (Å²) < 4.78 is 0.